The van der Waals surface area contributed by atoms with Crippen molar-refractivity contribution in [2.75, 3.05) is 13.2 Å². The van der Waals surface area contributed by atoms with Crippen molar-refractivity contribution in [3.63, 3.8) is 0 Å². The summed E-state index contributed by atoms with van der Waals surface area (Å²) in [4.78, 5) is 13.1. The summed E-state index contributed by atoms with van der Waals surface area (Å²) in [5, 5.41) is 0. The minimum absolute atomic E-state index is 0.0348. The van der Waals surface area contributed by atoms with Crippen LogP contribution in [0.15, 0.2) is 36.3 Å². The molecule has 3 nitrogen and oxygen atoms in total. The van der Waals surface area contributed by atoms with Gasteiger partial charge in [-0.15, -0.1) is 0 Å². The SMILES string of the molecule is C=C(C)/C=C1\C(=C)OCC(=O)N1CC.CC. The van der Waals surface area contributed by atoms with E-state index in [9.17, 15) is 4.79 Å². The van der Waals surface area contributed by atoms with Crippen molar-refractivity contribution >= 4 is 5.91 Å². The monoisotopic (exact) mass is 223 g/mol. The summed E-state index contributed by atoms with van der Waals surface area (Å²) in [6.45, 7) is 16.0. The Bertz CT molecular complexity index is 316. The van der Waals surface area contributed by atoms with Gasteiger partial charge in [0.05, 0.1) is 5.70 Å². The Hall–Kier alpha value is -1.51. The van der Waals surface area contributed by atoms with Gasteiger partial charge in [-0.3, -0.25) is 4.79 Å². The summed E-state index contributed by atoms with van der Waals surface area (Å²) in [7, 11) is 0. The molecule has 1 fully saturated rings. The van der Waals surface area contributed by atoms with Gasteiger partial charge in [-0.25, -0.2) is 0 Å². The number of morpholine rings is 1. The van der Waals surface area contributed by atoms with Gasteiger partial charge in [0.25, 0.3) is 5.91 Å². The van der Waals surface area contributed by atoms with E-state index < -0.39 is 0 Å². The van der Waals surface area contributed by atoms with Gasteiger partial charge >= 0.3 is 0 Å². The molecule has 1 aliphatic rings. The maximum atomic E-state index is 11.5. The predicted molar refractivity (Wildman–Crippen MR) is 66.7 cm³/mol. The van der Waals surface area contributed by atoms with E-state index in [0.29, 0.717) is 12.3 Å². The lowest BCUT2D eigenvalue weighted by Gasteiger charge is -2.30. The third-order valence-electron chi connectivity index (χ3n) is 1.95. The fraction of sp³-hybridized carbons (Fsp3) is 0.462. The molecule has 0 atom stereocenters. The molecule has 0 spiro atoms. The Morgan fingerprint density at radius 3 is 2.56 bits per heavy atom. The topological polar surface area (TPSA) is 29.5 Å². The largest absolute Gasteiger partial charge is 0.482 e. The quantitative estimate of drug-likeness (QED) is 0.720. The Kier molecular flexibility index (Phi) is 6.23. The van der Waals surface area contributed by atoms with Crippen LogP contribution in [0.4, 0.5) is 0 Å². The molecule has 0 bridgehead atoms. The lowest BCUT2D eigenvalue weighted by Crippen LogP contribution is -2.38. The summed E-state index contributed by atoms with van der Waals surface area (Å²) in [6, 6.07) is 0. The van der Waals surface area contributed by atoms with Gasteiger partial charge in [-0.1, -0.05) is 32.6 Å². The van der Waals surface area contributed by atoms with Crippen molar-refractivity contribution in [2.45, 2.75) is 27.7 Å². The number of carbonyl (C=O) groups is 1. The zero-order valence-electron chi connectivity index (χ0n) is 10.7. The van der Waals surface area contributed by atoms with Crippen LogP contribution in [0.25, 0.3) is 0 Å². The number of hydrogen-bond donors (Lipinski definition) is 0. The average molecular weight is 223 g/mol. The minimum Gasteiger partial charge on any atom is -0.482 e. The highest BCUT2D eigenvalue weighted by atomic mass is 16.5. The van der Waals surface area contributed by atoms with Gasteiger partial charge in [0.2, 0.25) is 0 Å². The first-order chi connectivity index (χ1) is 7.56. The molecule has 0 aromatic rings. The molecule has 0 unspecified atom stereocenters. The molecule has 90 valence electrons. The fourth-order valence-corrected chi connectivity index (χ4v) is 1.32. The molecule has 0 saturated carbocycles. The standard InChI is InChI=1S/C11H15NO2.C2H6/c1-5-12-10(6-8(2)3)9(4)14-7-11(12)13;1-2/h6H,2,4-5,7H2,1,3H3;1-2H3/b10-6+;. The zero-order chi connectivity index (χ0) is 12.7. The first-order valence-electron chi connectivity index (χ1n) is 5.56. The number of hydrogen-bond acceptors (Lipinski definition) is 2. The van der Waals surface area contributed by atoms with Crippen LogP contribution < -0.4 is 0 Å². The Morgan fingerprint density at radius 2 is 2.12 bits per heavy atom. The second kappa shape index (κ2) is 6.88. The molecule has 1 amide bonds. The summed E-state index contributed by atoms with van der Waals surface area (Å²) >= 11 is 0. The first-order valence-corrected chi connectivity index (χ1v) is 5.56. The van der Waals surface area contributed by atoms with Gasteiger partial charge in [0.15, 0.2) is 6.61 Å². The first kappa shape index (κ1) is 14.5. The third-order valence-corrected chi connectivity index (χ3v) is 1.95. The van der Waals surface area contributed by atoms with E-state index in [0.717, 1.165) is 11.3 Å². The molecule has 3 heteroatoms. The Balaban J connectivity index is 0.00000106. The van der Waals surface area contributed by atoms with Crippen LogP contribution in [0.1, 0.15) is 27.7 Å². The molecule has 0 aromatic heterocycles. The Morgan fingerprint density at radius 1 is 1.56 bits per heavy atom. The molecule has 0 aliphatic carbocycles. The summed E-state index contributed by atoms with van der Waals surface area (Å²) in [5.41, 5.74) is 1.59. The predicted octanol–water partition coefficient (Wildman–Crippen LogP) is 2.87. The number of allylic oxidation sites excluding steroid dienone is 2. The van der Waals surface area contributed by atoms with Crippen LogP contribution in [-0.2, 0) is 9.53 Å². The maximum Gasteiger partial charge on any atom is 0.265 e. The van der Waals surface area contributed by atoms with Crippen molar-refractivity contribution in [3.05, 3.63) is 36.3 Å². The van der Waals surface area contributed by atoms with Crippen molar-refractivity contribution < 1.29 is 9.53 Å². The van der Waals surface area contributed by atoms with Crippen LogP contribution in [0.3, 0.4) is 0 Å². The van der Waals surface area contributed by atoms with E-state index in [-0.39, 0.29) is 12.5 Å². The normalized spacial score (nSPS) is 17.8. The highest BCUT2D eigenvalue weighted by Gasteiger charge is 2.25. The van der Waals surface area contributed by atoms with E-state index in [2.05, 4.69) is 13.2 Å². The molecule has 1 saturated heterocycles. The molecule has 0 aromatic carbocycles. The number of rotatable bonds is 2. The second-order valence-electron chi connectivity index (χ2n) is 3.23. The van der Waals surface area contributed by atoms with Crippen LogP contribution in [0.2, 0.25) is 0 Å². The molecule has 0 N–H and O–H groups in total. The van der Waals surface area contributed by atoms with E-state index in [1.807, 2.05) is 33.8 Å². The van der Waals surface area contributed by atoms with E-state index in [1.165, 1.54) is 0 Å². The summed E-state index contributed by atoms with van der Waals surface area (Å²) in [6.07, 6.45) is 1.81. The summed E-state index contributed by atoms with van der Waals surface area (Å²) in [5.74, 6) is 0.502. The third kappa shape index (κ3) is 3.57. The van der Waals surface area contributed by atoms with Crippen LogP contribution in [0.5, 0.6) is 0 Å². The lowest BCUT2D eigenvalue weighted by molar-refractivity contribution is -0.135. The van der Waals surface area contributed by atoms with E-state index in [4.69, 9.17) is 4.74 Å². The van der Waals surface area contributed by atoms with E-state index >= 15 is 0 Å². The highest BCUT2D eigenvalue weighted by Crippen LogP contribution is 2.21. The molecule has 1 rings (SSSR count). The van der Waals surface area contributed by atoms with E-state index in [1.54, 1.807) is 4.90 Å². The van der Waals surface area contributed by atoms with Crippen LogP contribution >= 0.6 is 0 Å². The van der Waals surface area contributed by atoms with Crippen LogP contribution in [-0.4, -0.2) is 24.0 Å². The average Bonchev–Trinajstić information content (AvgIpc) is 2.26. The number of carbonyl (C=O) groups excluding carboxylic acids is 1. The molecular formula is C13H21NO2. The summed E-state index contributed by atoms with van der Waals surface area (Å²) < 4.78 is 5.14. The molecule has 1 aliphatic heterocycles. The van der Waals surface area contributed by atoms with Gasteiger partial charge in [0, 0.05) is 6.54 Å². The second-order valence-corrected chi connectivity index (χ2v) is 3.23. The molecular weight excluding hydrogens is 202 g/mol. The maximum absolute atomic E-state index is 11.5. The van der Waals surface area contributed by atoms with Crippen molar-refractivity contribution in [1.29, 1.82) is 0 Å². The number of likely N-dealkylation sites (N-methyl/N-ethyl adjacent to an activating group) is 1. The van der Waals surface area contributed by atoms with Crippen molar-refractivity contribution in [2.24, 2.45) is 0 Å². The van der Waals surface area contributed by atoms with Gasteiger partial charge in [-0.05, 0) is 19.9 Å². The van der Waals surface area contributed by atoms with Crippen LogP contribution in [0, 0.1) is 0 Å². The smallest absolute Gasteiger partial charge is 0.265 e. The number of ether oxygens (including phenoxy) is 1. The molecule has 16 heavy (non-hydrogen) atoms. The highest BCUT2D eigenvalue weighted by molar-refractivity contribution is 5.81. The lowest BCUT2D eigenvalue weighted by atomic mass is 10.2. The fourth-order valence-electron chi connectivity index (χ4n) is 1.32. The Labute approximate surface area is 98.1 Å². The van der Waals surface area contributed by atoms with Gasteiger partial charge in [-0.2, -0.15) is 0 Å². The number of nitrogens with zero attached hydrogens (tertiary/aromatic N) is 1. The minimum atomic E-state index is -0.0348. The zero-order valence-corrected chi connectivity index (χ0v) is 10.7. The van der Waals surface area contributed by atoms with Crippen molar-refractivity contribution in [3.8, 4) is 0 Å². The molecule has 1 heterocycles. The van der Waals surface area contributed by atoms with Gasteiger partial charge in [0.1, 0.15) is 5.76 Å². The number of amides is 1. The molecule has 0 radical (unpaired) electrons. The van der Waals surface area contributed by atoms with Crippen molar-refractivity contribution in [1.82, 2.24) is 4.90 Å². The van der Waals surface area contributed by atoms with Gasteiger partial charge < -0.3 is 9.64 Å².